The molecule has 1 aromatic heterocycles. The van der Waals surface area contributed by atoms with Gasteiger partial charge in [-0.15, -0.1) is 0 Å². The van der Waals surface area contributed by atoms with Gasteiger partial charge >= 0.3 is 0 Å². The van der Waals surface area contributed by atoms with Crippen LogP contribution in [0.3, 0.4) is 0 Å². The number of hydrogen-bond donors (Lipinski definition) is 2. The van der Waals surface area contributed by atoms with Gasteiger partial charge in [0.15, 0.2) is 0 Å². The topological polar surface area (TPSA) is 50.1 Å². The molecule has 0 aliphatic rings. The van der Waals surface area contributed by atoms with Gasteiger partial charge in [-0.2, -0.15) is 5.10 Å². The molecule has 0 saturated carbocycles. The van der Waals surface area contributed by atoms with Crippen LogP contribution in [0.15, 0.2) is 24.4 Å². The van der Waals surface area contributed by atoms with Crippen molar-refractivity contribution in [3.63, 3.8) is 0 Å². The number of nitrogens with one attached hydrogen (secondary N) is 1. The predicted molar refractivity (Wildman–Crippen MR) is 72.5 cm³/mol. The van der Waals surface area contributed by atoms with Crippen LogP contribution in [-0.2, 0) is 7.05 Å². The number of benzene rings is 1. The van der Waals surface area contributed by atoms with Crippen LogP contribution in [0.4, 0.5) is 10.1 Å². The zero-order valence-corrected chi connectivity index (χ0v) is 11.3. The third kappa shape index (κ3) is 2.93. The number of aromatic nitrogens is 2. The molecule has 0 fully saturated rings. The Kier molecular flexibility index (Phi) is 3.85. The molecule has 1 heterocycles. The van der Waals surface area contributed by atoms with Gasteiger partial charge in [0.1, 0.15) is 5.82 Å². The van der Waals surface area contributed by atoms with Gasteiger partial charge in [0, 0.05) is 24.0 Å². The van der Waals surface area contributed by atoms with Crippen molar-refractivity contribution in [2.75, 3.05) is 11.9 Å². The highest BCUT2D eigenvalue weighted by Gasteiger charge is 2.16. The number of aryl methyl sites for hydroxylation is 2. The molecule has 2 rings (SSSR count). The van der Waals surface area contributed by atoms with Crippen molar-refractivity contribution in [3.8, 4) is 0 Å². The molecule has 1 unspecified atom stereocenters. The quantitative estimate of drug-likeness (QED) is 0.890. The Morgan fingerprint density at radius 1 is 1.37 bits per heavy atom. The molecule has 0 amide bonds. The second-order valence-corrected chi connectivity index (χ2v) is 4.71. The Labute approximate surface area is 111 Å². The Bertz CT molecular complexity index is 560. The molecule has 4 nitrogen and oxygen atoms in total. The first-order chi connectivity index (χ1) is 9.01. The minimum absolute atomic E-state index is 0.0813. The maximum Gasteiger partial charge on any atom is 0.125 e. The third-order valence-electron chi connectivity index (χ3n) is 3.21. The first kappa shape index (κ1) is 13.5. The van der Waals surface area contributed by atoms with Gasteiger partial charge < -0.3 is 10.4 Å². The monoisotopic (exact) mass is 263 g/mol. The first-order valence-electron chi connectivity index (χ1n) is 6.14. The zero-order chi connectivity index (χ0) is 14.0. The van der Waals surface area contributed by atoms with E-state index in [1.807, 2.05) is 27.0 Å². The van der Waals surface area contributed by atoms with Gasteiger partial charge in [0.25, 0.3) is 0 Å². The lowest BCUT2D eigenvalue weighted by molar-refractivity contribution is 0.276. The average molecular weight is 263 g/mol. The standard InChI is InChI=1S/C14H18FN3O/c1-9-4-11(15)6-12(5-9)17-14(8-19)13-7-16-18(3)10(13)2/h4-7,14,17,19H,8H2,1-3H3. The maximum atomic E-state index is 13.3. The van der Waals surface area contributed by atoms with E-state index in [1.165, 1.54) is 12.1 Å². The molecule has 5 heteroatoms. The Balaban J connectivity index is 2.26. The summed E-state index contributed by atoms with van der Waals surface area (Å²) in [5.41, 5.74) is 3.37. The van der Waals surface area contributed by atoms with Crippen LogP contribution in [-0.4, -0.2) is 21.5 Å². The molecule has 102 valence electrons. The van der Waals surface area contributed by atoms with Crippen LogP contribution < -0.4 is 5.32 Å². The summed E-state index contributed by atoms with van der Waals surface area (Å²) in [5, 5.41) is 16.8. The number of halogens is 1. The van der Waals surface area contributed by atoms with Crippen molar-refractivity contribution in [2.24, 2.45) is 7.05 Å². The highest BCUT2D eigenvalue weighted by atomic mass is 19.1. The molecule has 0 saturated heterocycles. The summed E-state index contributed by atoms with van der Waals surface area (Å²) >= 11 is 0. The van der Waals surface area contributed by atoms with Crippen molar-refractivity contribution < 1.29 is 9.50 Å². The summed E-state index contributed by atoms with van der Waals surface area (Å²) in [5.74, 6) is -0.290. The Hall–Kier alpha value is -1.88. The second-order valence-electron chi connectivity index (χ2n) is 4.71. The van der Waals surface area contributed by atoms with Crippen molar-refractivity contribution in [2.45, 2.75) is 19.9 Å². The van der Waals surface area contributed by atoms with Crippen LogP contribution in [0, 0.1) is 19.7 Å². The second kappa shape index (κ2) is 5.40. The zero-order valence-electron chi connectivity index (χ0n) is 11.3. The normalized spacial score (nSPS) is 12.5. The number of hydrogen-bond acceptors (Lipinski definition) is 3. The fraction of sp³-hybridized carbons (Fsp3) is 0.357. The van der Waals surface area contributed by atoms with E-state index in [2.05, 4.69) is 10.4 Å². The number of rotatable bonds is 4. The lowest BCUT2D eigenvalue weighted by Crippen LogP contribution is -2.16. The molecular formula is C14H18FN3O. The van der Waals surface area contributed by atoms with E-state index in [0.29, 0.717) is 5.69 Å². The number of anilines is 1. The predicted octanol–water partition coefficient (Wildman–Crippen LogP) is 2.32. The molecule has 1 atom stereocenters. The minimum Gasteiger partial charge on any atom is -0.394 e. The fourth-order valence-corrected chi connectivity index (χ4v) is 2.10. The van der Waals surface area contributed by atoms with E-state index in [1.54, 1.807) is 10.9 Å². The highest BCUT2D eigenvalue weighted by molar-refractivity contribution is 5.48. The van der Waals surface area contributed by atoms with Gasteiger partial charge in [-0.3, -0.25) is 4.68 Å². The van der Waals surface area contributed by atoms with E-state index < -0.39 is 0 Å². The molecule has 2 aromatic rings. The van der Waals surface area contributed by atoms with E-state index in [9.17, 15) is 9.50 Å². The van der Waals surface area contributed by atoms with Crippen LogP contribution in [0.2, 0.25) is 0 Å². The van der Waals surface area contributed by atoms with Crippen molar-refractivity contribution in [1.29, 1.82) is 0 Å². The minimum atomic E-state index is -0.296. The van der Waals surface area contributed by atoms with E-state index in [4.69, 9.17) is 0 Å². The fourth-order valence-electron chi connectivity index (χ4n) is 2.10. The maximum absolute atomic E-state index is 13.3. The SMILES string of the molecule is Cc1cc(F)cc(NC(CO)c2cnn(C)c2C)c1. The molecule has 19 heavy (non-hydrogen) atoms. The summed E-state index contributed by atoms with van der Waals surface area (Å²) in [6, 6.07) is 4.43. The number of aliphatic hydroxyl groups is 1. The molecule has 0 radical (unpaired) electrons. The number of aliphatic hydroxyl groups excluding tert-OH is 1. The summed E-state index contributed by atoms with van der Waals surface area (Å²) in [6.07, 6.45) is 1.72. The molecule has 2 N–H and O–H groups in total. The van der Waals surface area contributed by atoms with Gasteiger partial charge in [-0.25, -0.2) is 4.39 Å². The summed E-state index contributed by atoms with van der Waals surface area (Å²) < 4.78 is 15.1. The smallest absolute Gasteiger partial charge is 0.125 e. The van der Waals surface area contributed by atoms with Crippen LogP contribution >= 0.6 is 0 Å². The van der Waals surface area contributed by atoms with E-state index in [0.717, 1.165) is 16.8 Å². The van der Waals surface area contributed by atoms with Crippen LogP contribution in [0.1, 0.15) is 22.9 Å². The Morgan fingerprint density at radius 3 is 2.63 bits per heavy atom. The lowest BCUT2D eigenvalue weighted by Gasteiger charge is -2.18. The number of nitrogens with zero attached hydrogens (tertiary/aromatic N) is 2. The third-order valence-corrected chi connectivity index (χ3v) is 3.21. The molecule has 0 bridgehead atoms. The summed E-state index contributed by atoms with van der Waals surface area (Å²) in [6.45, 7) is 3.68. The van der Waals surface area contributed by atoms with Gasteiger partial charge in [-0.05, 0) is 37.6 Å². The summed E-state index contributed by atoms with van der Waals surface area (Å²) in [4.78, 5) is 0. The Morgan fingerprint density at radius 2 is 2.11 bits per heavy atom. The molecule has 0 spiro atoms. The van der Waals surface area contributed by atoms with Crippen LogP contribution in [0.5, 0.6) is 0 Å². The molecule has 0 aliphatic carbocycles. The molecule has 0 aliphatic heterocycles. The molecular weight excluding hydrogens is 245 g/mol. The van der Waals surface area contributed by atoms with Crippen molar-refractivity contribution in [3.05, 3.63) is 47.0 Å². The summed E-state index contributed by atoms with van der Waals surface area (Å²) in [7, 11) is 1.85. The van der Waals surface area contributed by atoms with Gasteiger partial charge in [-0.1, -0.05) is 0 Å². The van der Waals surface area contributed by atoms with Gasteiger partial charge in [0.2, 0.25) is 0 Å². The molecule has 1 aromatic carbocycles. The average Bonchev–Trinajstić information content (AvgIpc) is 2.66. The highest BCUT2D eigenvalue weighted by Crippen LogP contribution is 2.23. The van der Waals surface area contributed by atoms with Crippen LogP contribution in [0.25, 0.3) is 0 Å². The largest absolute Gasteiger partial charge is 0.394 e. The van der Waals surface area contributed by atoms with Crippen molar-refractivity contribution >= 4 is 5.69 Å². The van der Waals surface area contributed by atoms with Crippen molar-refractivity contribution in [1.82, 2.24) is 9.78 Å². The lowest BCUT2D eigenvalue weighted by atomic mass is 10.1. The van der Waals surface area contributed by atoms with E-state index in [-0.39, 0.29) is 18.5 Å². The van der Waals surface area contributed by atoms with Gasteiger partial charge in [0.05, 0.1) is 18.8 Å². The van der Waals surface area contributed by atoms with E-state index >= 15 is 0 Å². The first-order valence-corrected chi connectivity index (χ1v) is 6.14.